The van der Waals surface area contributed by atoms with Crippen molar-refractivity contribution in [1.29, 1.82) is 0 Å². The monoisotopic (exact) mass is 376 g/mol. The summed E-state index contributed by atoms with van der Waals surface area (Å²) in [5.41, 5.74) is -0.696. The van der Waals surface area contributed by atoms with Gasteiger partial charge < -0.3 is 35.2 Å². The number of hydrogen-bond donors (Lipinski definition) is 5. The summed E-state index contributed by atoms with van der Waals surface area (Å²) in [6.07, 6.45) is -6.68. The summed E-state index contributed by atoms with van der Waals surface area (Å²) < 4.78 is 10.6. The van der Waals surface area contributed by atoms with Gasteiger partial charge in [0, 0.05) is 6.54 Å². The van der Waals surface area contributed by atoms with Crippen molar-refractivity contribution in [2.45, 2.75) is 75.9 Å². The zero-order chi connectivity index (χ0) is 19.6. The minimum atomic E-state index is -1.59. The number of aliphatic hydroxyl groups excluding tert-OH is 4. The summed E-state index contributed by atoms with van der Waals surface area (Å²) in [5, 5.41) is 41.2. The van der Waals surface area contributed by atoms with Crippen molar-refractivity contribution in [1.82, 2.24) is 10.2 Å². The third-order valence-electron chi connectivity index (χ3n) is 4.36. The Bertz CT molecular complexity index is 521. The molecule has 10 nitrogen and oxygen atoms in total. The standard InChI is InChI=1S/C16H28N2O8/c1-16(2,3)26-15(24)18-6-4-5-8(18)13(23)17-14-12(22)11(21)10(20)9(7-19)25-14/h8-12,14,19-22H,4-7H2,1-3H3,(H,17,23)/t8-,9+,10+,11-,12+,14+/m0/s1. The molecule has 2 amide bonds. The van der Waals surface area contributed by atoms with Gasteiger partial charge in [-0.2, -0.15) is 0 Å². The average Bonchev–Trinajstić information content (AvgIpc) is 3.03. The average molecular weight is 376 g/mol. The molecule has 0 spiro atoms. The largest absolute Gasteiger partial charge is 0.444 e. The first-order chi connectivity index (χ1) is 12.0. The molecule has 0 bridgehead atoms. The fourth-order valence-electron chi connectivity index (χ4n) is 3.04. The number of nitrogens with zero attached hydrogens (tertiary/aromatic N) is 1. The summed E-state index contributed by atoms with van der Waals surface area (Å²) in [6.45, 7) is 4.95. The Morgan fingerprint density at radius 2 is 1.85 bits per heavy atom. The molecule has 2 aliphatic heterocycles. The number of ether oxygens (including phenoxy) is 2. The highest BCUT2D eigenvalue weighted by Crippen LogP contribution is 2.23. The van der Waals surface area contributed by atoms with E-state index in [9.17, 15) is 30.0 Å². The number of carbonyl (C=O) groups excluding carboxylic acids is 2. The van der Waals surface area contributed by atoms with Gasteiger partial charge in [-0.1, -0.05) is 0 Å². The van der Waals surface area contributed by atoms with E-state index in [0.717, 1.165) is 0 Å². The fourth-order valence-corrected chi connectivity index (χ4v) is 3.04. The van der Waals surface area contributed by atoms with Crippen LogP contribution in [0.2, 0.25) is 0 Å². The molecule has 5 N–H and O–H groups in total. The lowest BCUT2D eigenvalue weighted by Gasteiger charge is -2.40. The Morgan fingerprint density at radius 3 is 2.42 bits per heavy atom. The summed E-state index contributed by atoms with van der Waals surface area (Å²) >= 11 is 0. The maximum absolute atomic E-state index is 12.6. The van der Waals surface area contributed by atoms with Crippen LogP contribution < -0.4 is 5.32 Å². The first-order valence-corrected chi connectivity index (χ1v) is 8.65. The van der Waals surface area contributed by atoms with Crippen molar-refractivity contribution >= 4 is 12.0 Å². The lowest BCUT2D eigenvalue weighted by Crippen LogP contribution is -2.64. The second-order valence-corrected chi connectivity index (χ2v) is 7.59. The zero-order valence-corrected chi connectivity index (χ0v) is 15.2. The minimum Gasteiger partial charge on any atom is -0.444 e. The molecule has 2 heterocycles. The molecule has 10 heteroatoms. The third-order valence-corrected chi connectivity index (χ3v) is 4.36. The molecule has 0 unspecified atom stereocenters. The molecular weight excluding hydrogens is 348 g/mol. The Balaban J connectivity index is 2.02. The highest BCUT2D eigenvalue weighted by molar-refractivity contribution is 5.86. The van der Waals surface area contributed by atoms with Gasteiger partial charge in [-0.25, -0.2) is 4.79 Å². The summed E-state index contributed by atoms with van der Waals surface area (Å²) in [7, 11) is 0. The van der Waals surface area contributed by atoms with E-state index in [1.165, 1.54) is 4.90 Å². The topological polar surface area (TPSA) is 149 Å². The Kier molecular flexibility index (Phi) is 6.46. The smallest absolute Gasteiger partial charge is 0.410 e. The Labute approximate surface area is 151 Å². The van der Waals surface area contributed by atoms with Gasteiger partial charge in [-0.05, 0) is 33.6 Å². The van der Waals surface area contributed by atoms with Crippen molar-refractivity contribution in [2.75, 3.05) is 13.2 Å². The van der Waals surface area contributed by atoms with Gasteiger partial charge in [-0.15, -0.1) is 0 Å². The molecule has 2 saturated heterocycles. The highest BCUT2D eigenvalue weighted by atomic mass is 16.6. The zero-order valence-electron chi connectivity index (χ0n) is 15.2. The molecular formula is C16H28N2O8. The van der Waals surface area contributed by atoms with Crippen LogP contribution in [0.15, 0.2) is 0 Å². The summed E-state index contributed by atoms with van der Waals surface area (Å²) in [5.74, 6) is -0.572. The van der Waals surface area contributed by atoms with Crippen molar-refractivity contribution in [2.24, 2.45) is 0 Å². The van der Waals surface area contributed by atoms with Crippen molar-refractivity contribution < 1.29 is 39.5 Å². The molecule has 26 heavy (non-hydrogen) atoms. The molecule has 0 radical (unpaired) electrons. The number of likely N-dealkylation sites (tertiary alicyclic amines) is 1. The molecule has 2 fully saturated rings. The normalized spacial score (nSPS) is 35.3. The van der Waals surface area contributed by atoms with Crippen LogP contribution in [0.1, 0.15) is 33.6 Å². The maximum Gasteiger partial charge on any atom is 0.410 e. The first-order valence-electron chi connectivity index (χ1n) is 8.65. The van der Waals surface area contributed by atoms with E-state index >= 15 is 0 Å². The predicted octanol–water partition coefficient (Wildman–Crippen LogP) is -1.70. The predicted molar refractivity (Wildman–Crippen MR) is 87.9 cm³/mol. The van der Waals surface area contributed by atoms with Crippen LogP contribution in [0.25, 0.3) is 0 Å². The van der Waals surface area contributed by atoms with Gasteiger partial charge in [0.15, 0.2) is 6.23 Å². The van der Waals surface area contributed by atoms with Crippen LogP contribution >= 0.6 is 0 Å². The second-order valence-electron chi connectivity index (χ2n) is 7.59. The molecule has 6 atom stereocenters. The number of hydrogen-bond acceptors (Lipinski definition) is 8. The molecule has 0 aromatic carbocycles. The second kappa shape index (κ2) is 8.05. The SMILES string of the molecule is CC(C)(C)OC(=O)N1CCC[C@H]1C(=O)N[C@@H]1O[C@H](CO)[C@@H](O)[C@H](O)[C@H]1O. The number of amides is 2. The molecule has 150 valence electrons. The first kappa shape index (κ1) is 20.8. The molecule has 0 aromatic rings. The van der Waals surface area contributed by atoms with Crippen LogP contribution in [0.4, 0.5) is 4.79 Å². The van der Waals surface area contributed by atoms with Gasteiger partial charge in [0.2, 0.25) is 5.91 Å². The molecule has 2 aliphatic rings. The van der Waals surface area contributed by atoms with Crippen molar-refractivity contribution in [3.8, 4) is 0 Å². The van der Waals surface area contributed by atoms with Crippen molar-refractivity contribution in [3.05, 3.63) is 0 Å². The van der Waals surface area contributed by atoms with E-state index in [-0.39, 0.29) is 0 Å². The quantitative estimate of drug-likeness (QED) is 0.391. The van der Waals surface area contributed by atoms with Crippen LogP contribution in [-0.2, 0) is 14.3 Å². The number of carbonyl (C=O) groups is 2. The Hall–Kier alpha value is -1.46. The number of aliphatic hydroxyl groups is 4. The molecule has 0 aliphatic carbocycles. The van der Waals surface area contributed by atoms with E-state index in [4.69, 9.17) is 9.47 Å². The van der Waals surface area contributed by atoms with E-state index in [1.807, 2.05) is 0 Å². The molecule has 2 rings (SSSR count). The van der Waals surface area contributed by atoms with Crippen molar-refractivity contribution in [3.63, 3.8) is 0 Å². The van der Waals surface area contributed by atoms with Crippen LogP contribution in [0, 0.1) is 0 Å². The maximum atomic E-state index is 12.6. The van der Waals surface area contributed by atoms with E-state index in [1.54, 1.807) is 20.8 Å². The van der Waals surface area contributed by atoms with E-state index in [0.29, 0.717) is 19.4 Å². The van der Waals surface area contributed by atoms with Gasteiger partial charge in [-0.3, -0.25) is 9.69 Å². The van der Waals surface area contributed by atoms with E-state index in [2.05, 4.69) is 5.32 Å². The summed E-state index contributed by atoms with van der Waals surface area (Å²) in [6, 6.07) is -0.794. The fraction of sp³-hybridized carbons (Fsp3) is 0.875. The van der Waals surface area contributed by atoms with Gasteiger partial charge in [0.25, 0.3) is 0 Å². The number of nitrogens with one attached hydrogen (secondary N) is 1. The van der Waals surface area contributed by atoms with Crippen LogP contribution in [0.3, 0.4) is 0 Å². The van der Waals surface area contributed by atoms with Crippen LogP contribution in [-0.4, -0.2) is 92.8 Å². The van der Waals surface area contributed by atoms with Gasteiger partial charge in [0.05, 0.1) is 6.61 Å². The third kappa shape index (κ3) is 4.63. The lowest BCUT2D eigenvalue weighted by molar-refractivity contribution is -0.236. The van der Waals surface area contributed by atoms with E-state index < -0.39 is 60.9 Å². The summed E-state index contributed by atoms with van der Waals surface area (Å²) in [4.78, 5) is 26.1. The minimum absolute atomic E-state index is 0.363. The number of rotatable bonds is 3. The highest BCUT2D eigenvalue weighted by Gasteiger charge is 2.45. The molecule has 0 aromatic heterocycles. The van der Waals surface area contributed by atoms with Gasteiger partial charge in [0.1, 0.15) is 36.1 Å². The lowest BCUT2D eigenvalue weighted by atomic mass is 9.98. The Morgan fingerprint density at radius 1 is 1.19 bits per heavy atom. The van der Waals surface area contributed by atoms with Crippen LogP contribution in [0.5, 0.6) is 0 Å². The molecule has 0 saturated carbocycles. The van der Waals surface area contributed by atoms with Gasteiger partial charge >= 0.3 is 6.09 Å².